The van der Waals surface area contributed by atoms with Crippen LogP contribution in [0.4, 0.5) is 0 Å². The van der Waals surface area contributed by atoms with Crippen LogP contribution in [0, 0.1) is 19.8 Å². The minimum atomic E-state index is -0.826. The summed E-state index contributed by atoms with van der Waals surface area (Å²) in [6, 6.07) is 13.9. The zero-order valence-electron chi connectivity index (χ0n) is 17.2. The van der Waals surface area contributed by atoms with Crippen LogP contribution >= 0.6 is 0 Å². The molecule has 1 saturated carbocycles. The number of ketones is 3. The Labute approximate surface area is 167 Å². The van der Waals surface area contributed by atoms with Crippen LogP contribution in [0.1, 0.15) is 54.5 Å². The van der Waals surface area contributed by atoms with E-state index in [4.69, 9.17) is 0 Å². The maximum atomic E-state index is 13.1. The van der Waals surface area contributed by atoms with Gasteiger partial charge in [-0.05, 0) is 49.4 Å². The van der Waals surface area contributed by atoms with Crippen LogP contribution in [0.25, 0.3) is 0 Å². The monoisotopic (exact) mass is 376 g/mol. The molecule has 0 aliphatic heterocycles. The van der Waals surface area contributed by atoms with Gasteiger partial charge in [0.2, 0.25) is 0 Å². The van der Waals surface area contributed by atoms with Crippen LogP contribution in [-0.2, 0) is 32.6 Å². The molecule has 0 spiro atoms. The first kappa shape index (κ1) is 20.2. The van der Waals surface area contributed by atoms with Crippen LogP contribution in [-0.4, -0.2) is 17.3 Å². The number of Topliss-reactive ketones (excluding diaryl/α,β-unsaturated/α-hetero) is 3. The van der Waals surface area contributed by atoms with Crippen molar-refractivity contribution >= 4 is 17.3 Å². The zero-order valence-corrected chi connectivity index (χ0v) is 17.2. The fourth-order valence-corrected chi connectivity index (χ4v) is 4.15. The molecule has 146 valence electrons. The van der Waals surface area contributed by atoms with Crippen molar-refractivity contribution in [3.8, 4) is 0 Å². The van der Waals surface area contributed by atoms with Crippen LogP contribution in [0.15, 0.2) is 42.5 Å². The van der Waals surface area contributed by atoms with Crippen molar-refractivity contribution in [3.63, 3.8) is 0 Å². The molecule has 2 unspecified atom stereocenters. The van der Waals surface area contributed by atoms with E-state index >= 15 is 0 Å². The highest BCUT2D eigenvalue weighted by Gasteiger charge is 2.50. The minimum Gasteiger partial charge on any atom is -0.299 e. The number of hydrogen-bond acceptors (Lipinski definition) is 3. The second-order valence-corrected chi connectivity index (χ2v) is 8.29. The maximum Gasteiger partial charge on any atom is 0.154 e. The van der Waals surface area contributed by atoms with Gasteiger partial charge in [0.05, 0.1) is 11.3 Å². The quantitative estimate of drug-likeness (QED) is 0.698. The van der Waals surface area contributed by atoms with Crippen LogP contribution in [0.2, 0.25) is 0 Å². The Morgan fingerprint density at radius 1 is 1.07 bits per heavy atom. The van der Waals surface area contributed by atoms with Crippen molar-refractivity contribution in [2.75, 3.05) is 0 Å². The molecule has 3 heteroatoms. The second kappa shape index (κ2) is 7.83. The average Bonchev–Trinajstić information content (AvgIpc) is 2.89. The average molecular weight is 376 g/mol. The summed E-state index contributed by atoms with van der Waals surface area (Å²) in [4.78, 5) is 38.4. The number of carbonyl (C=O) groups excluding carboxylic acids is 3. The SMILES string of the molecule is CCc1ccc(C2(C)CC(=O)C(CC(=O)Cc3cc(C)ccc3C)C2=O)cc1. The third kappa shape index (κ3) is 3.84. The van der Waals surface area contributed by atoms with E-state index < -0.39 is 11.3 Å². The molecule has 3 nitrogen and oxygen atoms in total. The lowest BCUT2D eigenvalue weighted by molar-refractivity contribution is -0.132. The predicted molar refractivity (Wildman–Crippen MR) is 111 cm³/mol. The van der Waals surface area contributed by atoms with Gasteiger partial charge in [-0.3, -0.25) is 14.4 Å². The van der Waals surface area contributed by atoms with E-state index in [1.54, 1.807) is 0 Å². The van der Waals surface area contributed by atoms with Gasteiger partial charge >= 0.3 is 0 Å². The summed E-state index contributed by atoms with van der Waals surface area (Å²) in [7, 11) is 0. The summed E-state index contributed by atoms with van der Waals surface area (Å²) in [5, 5.41) is 0. The molecule has 1 aliphatic carbocycles. The maximum absolute atomic E-state index is 13.1. The first-order valence-corrected chi connectivity index (χ1v) is 9.99. The van der Waals surface area contributed by atoms with E-state index in [1.165, 1.54) is 5.56 Å². The molecule has 2 aromatic rings. The molecular weight excluding hydrogens is 348 g/mol. The van der Waals surface area contributed by atoms with Gasteiger partial charge in [0.1, 0.15) is 11.6 Å². The lowest BCUT2D eigenvalue weighted by atomic mass is 9.78. The number of rotatable bonds is 6. The molecule has 28 heavy (non-hydrogen) atoms. The van der Waals surface area contributed by atoms with Gasteiger partial charge < -0.3 is 0 Å². The van der Waals surface area contributed by atoms with E-state index in [2.05, 4.69) is 6.92 Å². The minimum absolute atomic E-state index is 0.00762. The van der Waals surface area contributed by atoms with Gasteiger partial charge in [-0.1, -0.05) is 55.0 Å². The van der Waals surface area contributed by atoms with E-state index in [9.17, 15) is 14.4 Å². The fraction of sp³-hybridized carbons (Fsp3) is 0.400. The summed E-state index contributed by atoms with van der Waals surface area (Å²) < 4.78 is 0. The smallest absolute Gasteiger partial charge is 0.154 e. The number of carbonyl (C=O) groups is 3. The molecule has 0 N–H and O–H groups in total. The van der Waals surface area contributed by atoms with Crippen molar-refractivity contribution in [1.29, 1.82) is 0 Å². The third-order valence-corrected chi connectivity index (χ3v) is 6.10. The van der Waals surface area contributed by atoms with E-state index in [1.807, 2.05) is 63.2 Å². The molecule has 0 bridgehead atoms. The standard InChI is InChI=1S/C25H28O3/c1-5-18-8-10-20(11-9-18)25(4)15-23(27)22(24(25)28)14-21(26)13-19-12-16(2)6-7-17(19)3/h6-12,22H,5,13-15H2,1-4H3. The van der Waals surface area contributed by atoms with Crippen molar-refractivity contribution < 1.29 is 14.4 Å². The molecular formula is C25H28O3. The normalized spacial score (nSPS) is 21.9. The van der Waals surface area contributed by atoms with Crippen LogP contribution in [0.3, 0.4) is 0 Å². The Bertz CT molecular complexity index is 923. The van der Waals surface area contributed by atoms with Gasteiger partial charge in [0, 0.05) is 19.3 Å². The lowest BCUT2D eigenvalue weighted by Crippen LogP contribution is -2.31. The van der Waals surface area contributed by atoms with E-state index in [0.717, 1.165) is 28.7 Å². The van der Waals surface area contributed by atoms with Crippen molar-refractivity contribution in [2.24, 2.45) is 5.92 Å². The third-order valence-electron chi connectivity index (χ3n) is 6.10. The lowest BCUT2D eigenvalue weighted by Gasteiger charge is -2.22. The Morgan fingerprint density at radius 3 is 2.39 bits per heavy atom. The molecule has 1 fully saturated rings. The first-order valence-electron chi connectivity index (χ1n) is 9.99. The summed E-state index contributed by atoms with van der Waals surface area (Å²) in [6.45, 7) is 7.89. The first-order chi connectivity index (χ1) is 13.2. The molecule has 0 saturated heterocycles. The van der Waals surface area contributed by atoms with Crippen LogP contribution in [0.5, 0.6) is 0 Å². The van der Waals surface area contributed by atoms with Crippen LogP contribution < -0.4 is 0 Å². The van der Waals surface area contributed by atoms with Gasteiger partial charge in [-0.2, -0.15) is 0 Å². The zero-order chi connectivity index (χ0) is 20.5. The van der Waals surface area contributed by atoms with Crippen molar-refractivity contribution in [1.82, 2.24) is 0 Å². The van der Waals surface area contributed by atoms with Gasteiger partial charge in [0.15, 0.2) is 5.78 Å². The number of aryl methyl sites for hydroxylation is 3. The van der Waals surface area contributed by atoms with Crippen molar-refractivity contribution in [2.45, 2.75) is 58.8 Å². The van der Waals surface area contributed by atoms with Gasteiger partial charge in [0.25, 0.3) is 0 Å². The summed E-state index contributed by atoms with van der Waals surface area (Å²) >= 11 is 0. The summed E-state index contributed by atoms with van der Waals surface area (Å²) in [5.74, 6) is -1.09. The Balaban J connectivity index is 1.75. The van der Waals surface area contributed by atoms with E-state index in [-0.39, 0.29) is 36.6 Å². The largest absolute Gasteiger partial charge is 0.299 e. The highest BCUT2D eigenvalue weighted by molar-refractivity contribution is 6.16. The summed E-state index contributed by atoms with van der Waals surface area (Å²) in [5.41, 5.74) is 4.37. The topological polar surface area (TPSA) is 51.2 Å². The second-order valence-electron chi connectivity index (χ2n) is 8.29. The Kier molecular flexibility index (Phi) is 5.64. The van der Waals surface area contributed by atoms with E-state index in [0.29, 0.717) is 0 Å². The predicted octanol–water partition coefficient (Wildman–Crippen LogP) is 4.48. The Hall–Kier alpha value is -2.55. The molecule has 0 amide bonds. The molecule has 2 atom stereocenters. The van der Waals surface area contributed by atoms with Gasteiger partial charge in [-0.15, -0.1) is 0 Å². The number of benzene rings is 2. The fourth-order valence-electron chi connectivity index (χ4n) is 4.15. The molecule has 1 aliphatic rings. The molecule has 0 radical (unpaired) electrons. The molecule has 2 aromatic carbocycles. The Morgan fingerprint density at radius 2 is 1.75 bits per heavy atom. The number of hydrogen-bond donors (Lipinski definition) is 0. The molecule has 0 aromatic heterocycles. The molecule has 0 heterocycles. The highest BCUT2D eigenvalue weighted by Crippen LogP contribution is 2.40. The van der Waals surface area contributed by atoms with Crippen molar-refractivity contribution in [3.05, 3.63) is 70.3 Å². The summed E-state index contributed by atoms with van der Waals surface area (Å²) in [6.07, 6.45) is 1.39. The molecule has 3 rings (SSSR count). The highest BCUT2D eigenvalue weighted by atomic mass is 16.2. The van der Waals surface area contributed by atoms with Gasteiger partial charge in [-0.25, -0.2) is 0 Å².